The van der Waals surface area contributed by atoms with E-state index in [4.69, 9.17) is 0 Å². The fourth-order valence-electron chi connectivity index (χ4n) is 2.14. The van der Waals surface area contributed by atoms with Crippen molar-refractivity contribution < 1.29 is 9.59 Å². The van der Waals surface area contributed by atoms with Gasteiger partial charge in [0, 0.05) is 28.4 Å². The zero-order valence-electron chi connectivity index (χ0n) is 14.2. The lowest BCUT2D eigenvalue weighted by atomic mass is 10.2. The predicted molar refractivity (Wildman–Crippen MR) is 106 cm³/mol. The van der Waals surface area contributed by atoms with Crippen molar-refractivity contribution in [1.29, 1.82) is 0 Å². The summed E-state index contributed by atoms with van der Waals surface area (Å²) in [7, 11) is 0. The Labute approximate surface area is 160 Å². The first-order valence-electron chi connectivity index (χ1n) is 8.07. The zero-order chi connectivity index (χ0) is 18.9. The van der Waals surface area contributed by atoms with Gasteiger partial charge in [0.1, 0.15) is 5.70 Å². The van der Waals surface area contributed by atoms with Crippen LogP contribution in [0.25, 0.3) is 6.08 Å². The van der Waals surface area contributed by atoms with Crippen LogP contribution in [0.1, 0.15) is 20.8 Å². The number of nitrogens with zero attached hydrogens (tertiary/aromatic N) is 2. The number of hydrazone groups is 1. The lowest BCUT2D eigenvalue weighted by Gasteiger charge is -2.08. The van der Waals surface area contributed by atoms with Gasteiger partial charge in [0.2, 0.25) is 0 Å². The molecule has 6 nitrogen and oxygen atoms in total. The number of rotatable bonds is 6. The molecule has 0 saturated carbocycles. The number of nitrogens with one attached hydrogen (secondary N) is 2. The highest BCUT2D eigenvalue weighted by Crippen LogP contribution is 2.13. The molecule has 0 fully saturated rings. The first kappa shape index (κ1) is 18.2. The largest absolute Gasteiger partial charge is 0.317 e. The van der Waals surface area contributed by atoms with E-state index in [1.165, 1.54) is 17.6 Å². The molecule has 27 heavy (non-hydrogen) atoms. The van der Waals surface area contributed by atoms with E-state index in [1.807, 2.05) is 29.6 Å². The number of aromatic nitrogens is 1. The second-order valence-corrected chi connectivity index (χ2v) is 6.36. The number of carbonyl (C=O) groups is 2. The summed E-state index contributed by atoms with van der Waals surface area (Å²) < 4.78 is 0. The van der Waals surface area contributed by atoms with Crippen LogP contribution in [0.3, 0.4) is 0 Å². The monoisotopic (exact) mass is 376 g/mol. The Balaban J connectivity index is 1.74. The Morgan fingerprint density at radius 2 is 1.89 bits per heavy atom. The quantitative estimate of drug-likeness (QED) is 0.394. The van der Waals surface area contributed by atoms with Crippen LogP contribution >= 0.6 is 11.3 Å². The molecule has 0 atom stereocenters. The summed E-state index contributed by atoms with van der Waals surface area (Å²) >= 11 is 1.46. The first-order valence-corrected chi connectivity index (χ1v) is 8.95. The SMILES string of the molecule is O=C(NN=Cc1cccnc1)C(=Cc1cccs1)NC(=O)c1ccccc1. The molecule has 0 aliphatic rings. The van der Waals surface area contributed by atoms with Gasteiger partial charge < -0.3 is 5.32 Å². The molecule has 0 radical (unpaired) electrons. The number of pyridine rings is 1. The summed E-state index contributed by atoms with van der Waals surface area (Å²) in [5, 5.41) is 8.46. The van der Waals surface area contributed by atoms with Gasteiger partial charge in [-0.05, 0) is 35.7 Å². The summed E-state index contributed by atoms with van der Waals surface area (Å²) in [5.74, 6) is -0.891. The minimum atomic E-state index is -0.521. The van der Waals surface area contributed by atoms with Crippen LogP contribution in [0.4, 0.5) is 0 Å². The molecule has 0 aliphatic carbocycles. The molecule has 0 spiro atoms. The molecule has 2 aromatic heterocycles. The number of hydrogen-bond acceptors (Lipinski definition) is 5. The second-order valence-electron chi connectivity index (χ2n) is 5.38. The maximum absolute atomic E-state index is 12.5. The van der Waals surface area contributed by atoms with Crippen molar-refractivity contribution in [3.63, 3.8) is 0 Å². The van der Waals surface area contributed by atoms with Crippen LogP contribution in [0.15, 0.2) is 83.2 Å². The smallest absolute Gasteiger partial charge is 0.287 e. The Kier molecular flexibility index (Phi) is 6.21. The topological polar surface area (TPSA) is 83.4 Å². The maximum atomic E-state index is 12.5. The molecule has 7 heteroatoms. The van der Waals surface area contributed by atoms with Crippen LogP contribution in [0.2, 0.25) is 0 Å². The van der Waals surface area contributed by atoms with Crippen molar-refractivity contribution in [2.45, 2.75) is 0 Å². The van der Waals surface area contributed by atoms with Crippen LogP contribution < -0.4 is 10.7 Å². The highest BCUT2D eigenvalue weighted by molar-refractivity contribution is 7.10. The molecular formula is C20H16N4O2S. The van der Waals surface area contributed by atoms with E-state index in [1.54, 1.807) is 48.8 Å². The Bertz CT molecular complexity index is 952. The van der Waals surface area contributed by atoms with E-state index in [-0.39, 0.29) is 11.6 Å². The van der Waals surface area contributed by atoms with Crippen LogP contribution in [0.5, 0.6) is 0 Å². The standard InChI is InChI=1S/C20H16N4O2S/c25-19(16-7-2-1-3-8-16)23-18(12-17-9-5-11-27-17)20(26)24-22-14-15-6-4-10-21-13-15/h1-14H,(H,23,25)(H,24,26). The lowest BCUT2D eigenvalue weighted by molar-refractivity contribution is -0.117. The number of benzene rings is 1. The van der Waals surface area contributed by atoms with Gasteiger partial charge in [0.05, 0.1) is 6.21 Å². The van der Waals surface area contributed by atoms with Gasteiger partial charge in [0.25, 0.3) is 11.8 Å². The van der Waals surface area contributed by atoms with Gasteiger partial charge in [0.15, 0.2) is 0 Å². The van der Waals surface area contributed by atoms with E-state index in [9.17, 15) is 9.59 Å². The average Bonchev–Trinajstić information content (AvgIpc) is 3.22. The number of hydrogen-bond donors (Lipinski definition) is 2. The van der Waals surface area contributed by atoms with Crippen LogP contribution in [-0.2, 0) is 4.79 Å². The molecule has 2 heterocycles. The fraction of sp³-hybridized carbons (Fsp3) is 0. The van der Waals surface area contributed by atoms with Gasteiger partial charge in [-0.15, -0.1) is 11.3 Å². The fourth-order valence-corrected chi connectivity index (χ4v) is 2.79. The van der Waals surface area contributed by atoms with Crippen LogP contribution in [0, 0.1) is 0 Å². The normalized spacial score (nSPS) is 11.3. The average molecular weight is 376 g/mol. The number of carbonyl (C=O) groups excluding carboxylic acids is 2. The van der Waals surface area contributed by atoms with Crippen molar-refractivity contribution in [2.75, 3.05) is 0 Å². The van der Waals surface area contributed by atoms with Gasteiger partial charge in [-0.2, -0.15) is 5.10 Å². The first-order chi connectivity index (χ1) is 13.2. The van der Waals surface area contributed by atoms with Crippen LogP contribution in [-0.4, -0.2) is 23.0 Å². The highest BCUT2D eigenvalue weighted by Gasteiger charge is 2.14. The van der Waals surface area contributed by atoms with E-state index >= 15 is 0 Å². The van der Waals surface area contributed by atoms with E-state index < -0.39 is 5.91 Å². The van der Waals surface area contributed by atoms with Gasteiger partial charge in [-0.3, -0.25) is 14.6 Å². The zero-order valence-corrected chi connectivity index (χ0v) is 15.0. The van der Waals surface area contributed by atoms with E-state index in [0.717, 1.165) is 10.4 Å². The molecule has 2 N–H and O–H groups in total. The second kappa shape index (κ2) is 9.21. The van der Waals surface area contributed by atoms with Crippen molar-refractivity contribution in [3.8, 4) is 0 Å². The minimum Gasteiger partial charge on any atom is -0.317 e. The highest BCUT2D eigenvalue weighted by atomic mass is 32.1. The van der Waals surface area contributed by atoms with E-state index in [2.05, 4.69) is 20.8 Å². The summed E-state index contributed by atoms with van der Waals surface area (Å²) in [6.07, 6.45) is 6.36. The molecule has 0 aliphatic heterocycles. The molecule has 0 bridgehead atoms. The molecular weight excluding hydrogens is 360 g/mol. The van der Waals surface area contributed by atoms with Gasteiger partial charge in [-0.25, -0.2) is 5.43 Å². The number of thiophene rings is 1. The summed E-state index contributed by atoms with van der Waals surface area (Å²) in [6.45, 7) is 0. The van der Waals surface area contributed by atoms with Gasteiger partial charge in [-0.1, -0.05) is 30.3 Å². The summed E-state index contributed by atoms with van der Waals surface area (Å²) in [4.78, 5) is 29.7. The van der Waals surface area contributed by atoms with E-state index in [0.29, 0.717) is 5.56 Å². The third-order valence-corrected chi connectivity index (χ3v) is 4.24. The summed E-state index contributed by atoms with van der Waals surface area (Å²) in [6, 6.07) is 16.0. The van der Waals surface area contributed by atoms with Crippen molar-refractivity contribution in [1.82, 2.24) is 15.7 Å². The predicted octanol–water partition coefficient (Wildman–Crippen LogP) is 3.06. The molecule has 134 valence electrons. The maximum Gasteiger partial charge on any atom is 0.287 e. The van der Waals surface area contributed by atoms with Gasteiger partial charge >= 0.3 is 0 Å². The van der Waals surface area contributed by atoms with Crippen molar-refractivity contribution >= 4 is 35.4 Å². The Morgan fingerprint density at radius 1 is 1.04 bits per heavy atom. The number of amides is 2. The van der Waals surface area contributed by atoms with Crippen molar-refractivity contribution in [2.24, 2.45) is 5.10 Å². The molecule has 1 aromatic carbocycles. The third kappa shape index (κ3) is 5.45. The lowest BCUT2D eigenvalue weighted by Crippen LogP contribution is -2.32. The Morgan fingerprint density at radius 3 is 2.59 bits per heavy atom. The molecule has 3 rings (SSSR count). The van der Waals surface area contributed by atoms with Crippen molar-refractivity contribution in [3.05, 3.63) is 94.1 Å². The Hall–Kier alpha value is -3.58. The molecule has 0 unspecified atom stereocenters. The molecule has 3 aromatic rings. The minimum absolute atomic E-state index is 0.106. The summed E-state index contributed by atoms with van der Waals surface area (Å²) in [5.41, 5.74) is 3.74. The third-order valence-electron chi connectivity index (χ3n) is 3.42. The molecule has 2 amide bonds. The molecule has 0 saturated heterocycles.